The summed E-state index contributed by atoms with van der Waals surface area (Å²) in [5.41, 5.74) is 3.16. The maximum Gasteiger partial charge on any atom is 0.273 e. The largest absolute Gasteiger partial charge is 0.489 e. The number of nitrogens with zero attached hydrogens (tertiary/aromatic N) is 6. The number of pyridine rings is 1. The smallest absolute Gasteiger partial charge is 0.273 e. The van der Waals surface area contributed by atoms with E-state index in [1.54, 1.807) is 36.5 Å². The van der Waals surface area contributed by atoms with Crippen LogP contribution in [0.3, 0.4) is 0 Å². The van der Waals surface area contributed by atoms with Crippen LogP contribution < -0.4 is 15.0 Å². The summed E-state index contributed by atoms with van der Waals surface area (Å²) in [7, 11) is 0. The fraction of sp³-hybridized carbons (Fsp3) is 0.419. The van der Waals surface area contributed by atoms with Gasteiger partial charge in [0.1, 0.15) is 23.6 Å². The number of amides is 5. The highest BCUT2D eigenvalue weighted by Crippen LogP contribution is 2.59. The molecular formula is C43H40ClN7O6. The van der Waals surface area contributed by atoms with E-state index in [4.69, 9.17) is 22.9 Å². The molecule has 3 aromatic rings. The number of anilines is 1. The molecule has 9 rings (SSSR count). The van der Waals surface area contributed by atoms with Gasteiger partial charge in [-0.2, -0.15) is 0 Å². The molecule has 1 atom stereocenters. The van der Waals surface area contributed by atoms with Gasteiger partial charge in [-0.05, 0) is 42.8 Å². The highest BCUT2D eigenvalue weighted by atomic mass is 35.5. The second kappa shape index (κ2) is 13.2. The minimum atomic E-state index is -0.986. The molecule has 1 aliphatic carbocycles. The second-order valence-corrected chi connectivity index (χ2v) is 17.5. The molecule has 2 aromatic carbocycles. The van der Waals surface area contributed by atoms with Crippen molar-refractivity contribution in [3.8, 4) is 17.6 Å². The predicted octanol–water partition coefficient (Wildman–Crippen LogP) is 4.70. The van der Waals surface area contributed by atoms with E-state index in [2.05, 4.69) is 64.5 Å². The molecule has 0 bridgehead atoms. The van der Waals surface area contributed by atoms with Crippen molar-refractivity contribution in [3.05, 3.63) is 93.0 Å². The lowest BCUT2D eigenvalue weighted by Gasteiger charge is -2.65. The third kappa shape index (κ3) is 5.86. The first kappa shape index (κ1) is 36.9. The van der Waals surface area contributed by atoms with Crippen LogP contribution in [0.1, 0.15) is 82.9 Å². The molecular weight excluding hydrogens is 746 g/mol. The first-order valence-corrected chi connectivity index (χ1v) is 19.5. The third-order valence-corrected chi connectivity index (χ3v) is 12.9. The molecule has 1 aromatic heterocycles. The number of nitrogens with one attached hydrogen (secondary N) is 1. The van der Waals surface area contributed by atoms with Crippen molar-refractivity contribution in [2.75, 3.05) is 31.1 Å². The van der Waals surface area contributed by atoms with Crippen LogP contribution >= 0.6 is 11.6 Å². The van der Waals surface area contributed by atoms with E-state index in [1.807, 2.05) is 17.0 Å². The Labute approximate surface area is 335 Å². The summed E-state index contributed by atoms with van der Waals surface area (Å²) in [5, 5.41) is 2.58. The number of benzene rings is 2. The van der Waals surface area contributed by atoms with Gasteiger partial charge in [0.2, 0.25) is 17.5 Å². The zero-order valence-corrected chi connectivity index (χ0v) is 32.7. The quantitative estimate of drug-likeness (QED) is 0.214. The van der Waals surface area contributed by atoms with Gasteiger partial charge in [-0.3, -0.25) is 39.1 Å². The van der Waals surface area contributed by atoms with E-state index in [-0.39, 0.29) is 58.8 Å². The number of likely N-dealkylation sites (tertiary alicyclic amines) is 1. The van der Waals surface area contributed by atoms with Crippen molar-refractivity contribution in [2.24, 2.45) is 16.7 Å². The van der Waals surface area contributed by atoms with Crippen LogP contribution in [0, 0.1) is 35.2 Å². The second-order valence-electron chi connectivity index (χ2n) is 17.1. The predicted molar refractivity (Wildman–Crippen MR) is 209 cm³/mol. The average molecular weight is 786 g/mol. The van der Waals surface area contributed by atoms with Crippen LogP contribution in [0.2, 0.25) is 5.02 Å². The van der Waals surface area contributed by atoms with E-state index >= 15 is 0 Å². The van der Waals surface area contributed by atoms with Gasteiger partial charge in [-0.15, -0.1) is 0 Å². The molecule has 0 spiro atoms. The summed E-state index contributed by atoms with van der Waals surface area (Å²) in [4.78, 5) is 79.5. The Morgan fingerprint density at radius 2 is 1.67 bits per heavy atom. The number of carbonyl (C=O) groups is 5. The lowest BCUT2D eigenvalue weighted by atomic mass is 9.49. The van der Waals surface area contributed by atoms with Gasteiger partial charge in [0.25, 0.3) is 17.7 Å². The van der Waals surface area contributed by atoms with Gasteiger partial charge in [0, 0.05) is 91.0 Å². The normalized spacial score (nSPS) is 25.1. The molecule has 5 aliphatic heterocycles. The number of hydrogen-bond acceptors (Lipinski definition) is 9. The summed E-state index contributed by atoms with van der Waals surface area (Å²) in [5.74, 6) is 5.40. The molecule has 4 fully saturated rings. The summed E-state index contributed by atoms with van der Waals surface area (Å²) in [6.07, 6.45) is 1.69. The summed E-state index contributed by atoms with van der Waals surface area (Å²) in [6, 6.07) is 11.6. The maximum atomic E-state index is 13.7. The minimum Gasteiger partial charge on any atom is -0.489 e. The number of aromatic nitrogens is 1. The molecule has 1 unspecified atom stereocenters. The Morgan fingerprint density at radius 3 is 2.37 bits per heavy atom. The van der Waals surface area contributed by atoms with E-state index in [9.17, 15) is 24.0 Å². The topological polar surface area (TPSA) is 137 Å². The average Bonchev–Trinajstić information content (AvgIpc) is 3.57. The number of fused-ring (bicyclic) bond motifs is 2. The van der Waals surface area contributed by atoms with Gasteiger partial charge in [-0.25, -0.2) is 9.83 Å². The maximum absolute atomic E-state index is 13.7. The van der Waals surface area contributed by atoms with Gasteiger partial charge >= 0.3 is 0 Å². The van der Waals surface area contributed by atoms with Crippen LogP contribution in [0.4, 0.5) is 11.4 Å². The van der Waals surface area contributed by atoms with Crippen molar-refractivity contribution in [3.63, 3.8) is 0 Å². The summed E-state index contributed by atoms with van der Waals surface area (Å²) >= 11 is 6.28. The Hall–Kier alpha value is -5.76. The van der Waals surface area contributed by atoms with E-state index in [1.165, 1.54) is 0 Å². The molecule has 5 amide bonds. The highest BCUT2D eigenvalue weighted by molar-refractivity contribution is 6.33. The van der Waals surface area contributed by atoms with Crippen molar-refractivity contribution < 1.29 is 28.7 Å². The summed E-state index contributed by atoms with van der Waals surface area (Å²) in [6.45, 7) is 19.4. The molecule has 1 N–H and O–H groups in total. The first-order chi connectivity index (χ1) is 27.1. The Morgan fingerprint density at radius 1 is 0.930 bits per heavy atom. The van der Waals surface area contributed by atoms with Crippen molar-refractivity contribution in [1.29, 1.82) is 0 Å². The summed E-state index contributed by atoms with van der Waals surface area (Å²) < 4.78 is 6.45. The molecule has 6 aliphatic rings. The molecule has 0 radical (unpaired) electrons. The molecule has 57 heavy (non-hydrogen) atoms. The number of rotatable bonds is 6. The monoisotopic (exact) mass is 785 g/mol. The number of carbonyl (C=O) groups excluding carboxylic acids is 5. The van der Waals surface area contributed by atoms with Crippen LogP contribution in [-0.2, 0) is 16.1 Å². The standard InChI is InChI=1S/C43H40ClN7O6/c1-42(2)40(43(3,4)41(42)57-28-9-11-32(45-5)31(44)16-28)50-20-25-14-23(17-46-35(25)39(50)56)6-7-24-18-48(19-24)27-21-49(22-27)26-8-10-29-30(15-26)38(55)51(37(29)54)33-12-13-34(52)47-36(33)53/h8-11,14-17,24,27,33,40-41H,12-13,18-22H2,1-4H3,(H,47,52,53). The molecule has 13 nitrogen and oxygen atoms in total. The lowest BCUT2D eigenvalue weighted by Crippen LogP contribution is -2.74. The van der Waals surface area contributed by atoms with Gasteiger partial charge < -0.3 is 14.5 Å². The number of ether oxygens (including phenoxy) is 1. The molecule has 1 saturated carbocycles. The fourth-order valence-corrected chi connectivity index (χ4v) is 10.3. The number of halogens is 1. The third-order valence-electron chi connectivity index (χ3n) is 12.6. The SMILES string of the molecule is [C-]#[N+]c1ccc(OC2C(C)(C)C(N3Cc4cc(C#CC5CN(C6CN(c7ccc8c(c7)C(=O)N(C7CCC(=O)NC7=O)C8=O)C6)C5)cnc4C3=O)C2(C)C)cc1Cl. The number of piperidine rings is 1. The van der Waals surface area contributed by atoms with Gasteiger partial charge in [0.15, 0.2) is 0 Å². The molecule has 290 valence electrons. The zero-order chi connectivity index (χ0) is 40.1. The van der Waals surface area contributed by atoms with Crippen LogP contribution in [0.25, 0.3) is 4.85 Å². The van der Waals surface area contributed by atoms with E-state index < -0.39 is 29.7 Å². The number of hydrogen-bond donors (Lipinski definition) is 1. The van der Waals surface area contributed by atoms with Crippen LogP contribution in [0.5, 0.6) is 5.75 Å². The van der Waals surface area contributed by atoms with E-state index in [0.29, 0.717) is 34.7 Å². The number of imide groups is 2. The van der Waals surface area contributed by atoms with Crippen LogP contribution in [0.15, 0.2) is 48.7 Å². The Balaban J connectivity index is 0.783. The minimum absolute atomic E-state index is 0.0805. The fourth-order valence-electron chi connectivity index (χ4n) is 10.1. The van der Waals surface area contributed by atoms with Gasteiger partial charge in [0.05, 0.1) is 22.7 Å². The molecule has 3 saturated heterocycles. The zero-order valence-electron chi connectivity index (χ0n) is 32.0. The van der Waals surface area contributed by atoms with Crippen molar-refractivity contribution in [2.45, 2.75) is 71.3 Å². The molecule has 6 heterocycles. The Bertz CT molecular complexity index is 2400. The Kier molecular flexibility index (Phi) is 8.50. The lowest BCUT2D eigenvalue weighted by molar-refractivity contribution is -0.199. The van der Waals surface area contributed by atoms with Crippen molar-refractivity contribution in [1.82, 2.24) is 25.0 Å². The van der Waals surface area contributed by atoms with E-state index in [0.717, 1.165) is 47.9 Å². The highest BCUT2D eigenvalue weighted by Gasteiger charge is 2.67. The molecule has 14 heteroatoms. The van der Waals surface area contributed by atoms with Crippen LogP contribution in [-0.4, -0.2) is 99.6 Å². The first-order valence-electron chi connectivity index (χ1n) is 19.2. The van der Waals surface area contributed by atoms with Crippen molar-refractivity contribution >= 4 is 52.5 Å². The van der Waals surface area contributed by atoms with Gasteiger partial charge in [-0.1, -0.05) is 57.2 Å².